The Bertz CT molecular complexity index is 597. The summed E-state index contributed by atoms with van der Waals surface area (Å²) in [4.78, 5) is 15.9. The number of hydrogen-bond donors (Lipinski definition) is 2. The Labute approximate surface area is 122 Å². The van der Waals surface area contributed by atoms with Gasteiger partial charge in [0.15, 0.2) is 0 Å². The number of rotatable bonds is 7. The Kier molecular flexibility index (Phi) is 5.14. The summed E-state index contributed by atoms with van der Waals surface area (Å²) in [6.07, 6.45) is 0.910. The van der Waals surface area contributed by atoms with E-state index in [1.54, 1.807) is 7.11 Å². The molecular formula is C14H18N4O3. The molecule has 0 saturated carbocycles. The molecule has 112 valence electrons. The zero-order valence-corrected chi connectivity index (χ0v) is 12.0. The molecule has 2 N–H and O–H groups in total. The molecule has 0 aliphatic rings. The maximum atomic E-state index is 11.9. The maximum absolute atomic E-state index is 11.9. The minimum atomic E-state index is -0.153. The van der Waals surface area contributed by atoms with Crippen molar-refractivity contribution in [3.63, 3.8) is 0 Å². The molecule has 1 amide bonds. The molecule has 7 nitrogen and oxygen atoms in total. The van der Waals surface area contributed by atoms with Gasteiger partial charge in [0.25, 0.3) is 0 Å². The second-order valence-electron chi connectivity index (χ2n) is 4.26. The Morgan fingerprint density at radius 2 is 2.19 bits per heavy atom. The average molecular weight is 290 g/mol. The van der Waals surface area contributed by atoms with Gasteiger partial charge in [-0.15, -0.1) is 5.10 Å². The van der Waals surface area contributed by atoms with Crippen LogP contribution in [0.15, 0.2) is 24.3 Å². The summed E-state index contributed by atoms with van der Waals surface area (Å²) in [5, 5.41) is 9.05. The Balaban J connectivity index is 1.86. The number of benzene rings is 1. The Hall–Kier alpha value is -2.57. The largest absolute Gasteiger partial charge is 0.496 e. The highest BCUT2D eigenvalue weighted by Gasteiger charge is 2.09. The molecule has 7 heteroatoms. The smallest absolute Gasteiger partial charge is 0.337 e. The third-order valence-electron chi connectivity index (χ3n) is 2.81. The van der Waals surface area contributed by atoms with Crippen LogP contribution in [-0.2, 0) is 11.2 Å². The first-order chi connectivity index (χ1) is 10.2. The monoisotopic (exact) mass is 290 g/mol. The fourth-order valence-electron chi connectivity index (χ4n) is 1.85. The second kappa shape index (κ2) is 7.28. The fraction of sp³-hybridized carbons (Fsp3) is 0.357. The van der Waals surface area contributed by atoms with E-state index in [0.29, 0.717) is 19.4 Å². The number of amides is 1. The lowest BCUT2D eigenvalue weighted by atomic mass is 10.1. The number of carbonyl (C=O) groups excluding carboxylic acids is 1. The first kappa shape index (κ1) is 14.8. The van der Waals surface area contributed by atoms with Gasteiger partial charge in [0, 0.05) is 6.42 Å². The number of anilines is 1. The molecule has 21 heavy (non-hydrogen) atoms. The van der Waals surface area contributed by atoms with Gasteiger partial charge in [-0.25, -0.2) is 5.10 Å². The van der Waals surface area contributed by atoms with Crippen LogP contribution in [0, 0.1) is 0 Å². The maximum Gasteiger partial charge on any atom is 0.337 e. The molecular weight excluding hydrogens is 272 g/mol. The summed E-state index contributed by atoms with van der Waals surface area (Å²) in [7, 11) is 1.61. The number of ether oxygens (including phenoxy) is 2. The van der Waals surface area contributed by atoms with Crippen molar-refractivity contribution in [2.45, 2.75) is 19.8 Å². The van der Waals surface area contributed by atoms with E-state index in [1.807, 2.05) is 31.2 Å². The van der Waals surface area contributed by atoms with Gasteiger partial charge in [0.05, 0.1) is 13.7 Å². The van der Waals surface area contributed by atoms with Crippen molar-refractivity contribution < 1.29 is 14.3 Å². The van der Waals surface area contributed by atoms with E-state index in [2.05, 4.69) is 20.5 Å². The molecule has 0 fully saturated rings. The highest BCUT2D eigenvalue weighted by atomic mass is 16.5. The molecule has 1 aromatic carbocycles. The zero-order chi connectivity index (χ0) is 15.1. The molecule has 0 unspecified atom stereocenters. The van der Waals surface area contributed by atoms with Crippen molar-refractivity contribution in [1.29, 1.82) is 0 Å². The van der Waals surface area contributed by atoms with Gasteiger partial charge in [-0.3, -0.25) is 10.1 Å². The molecule has 1 heterocycles. The predicted octanol–water partition coefficient (Wildman–Crippen LogP) is 1.78. The number of methoxy groups -OCH3 is 1. The number of aromatic nitrogens is 3. The molecule has 1 aromatic heterocycles. The van der Waals surface area contributed by atoms with Gasteiger partial charge < -0.3 is 9.47 Å². The van der Waals surface area contributed by atoms with Crippen molar-refractivity contribution in [2.75, 3.05) is 19.0 Å². The predicted molar refractivity (Wildman–Crippen MR) is 77.5 cm³/mol. The quantitative estimate of drug-likeness (QED) is 0.811. The average Bonchev–Trinajstić information content (AvgIpc) is 2.93. The van der Waals surface area contributed by atoms with E-state index in [9.17, 15) is 4.79 Å². The highest BCUT2D eigenvalue weighted by Crippen LogP contribution is 2.19. The van der Waals surface area contributed by atoms with Gasteiger partial charge in [0.1, 0.15) is 5.75 Å². The first-order valence-electron chi connectivity index (χ1n) is 6.70. The normalized spacial score (nSPS) is 10.2. The minimum absolute atomic E-state index is 0.153. The molecule has 2 rings (SSSR count). The van der Waals surface area contributed by atoms with Crippen LogP contribution in [0.5, 0.6) is 11.8 Å². The SMILES string of the molecule is CCOc1n[nH]c(NC(=O)CCc2ccccc2OC)n1. The third-order valence-corrected chi connectivity index (χ3v) is 2.81. The molecule has 0 radical (unpaired) electrons. The van der Waals surface area contributed by atoms with Gasteiger partial charge in [-0.1, -0.05) is 18.2 Å². The number of nitrogens with zero attached hydrogens (tertiary/aromatic N) is 2. The molecule has 0 bridgehead atoms. The number of para-hydroxylation sites is 1. The summed E-state index contributed by atoms with van der Waals surface area (Å²) >= 11 is 0. The molecule has 0 spiro atoms. The van der Waals surface area contributed by atoms with E-state index in [-0.39, 0.29) is 17.9 Å². The van der Waals surface area contributed by atoms with Crippen LogP contribution < -0.4 is 14.8 Å². The lowest BCUT2D eigenvalue weighted by molar-refractivity contribution is -0.116. The van der Waals surface area contributed by atoms with Crippen LogP contribution in [0.2, 0.25) is 0 Å². The van der Waals surface area contributed by atoms with Gasteiger partial charge in [-0.2, -0.15) is 4.98 Å². The van der Waals surface area contributed by atoms with Gasteiger partial charge in [-0.05, 0) is 25.0 Å². The summed E-state index contributed by atoms with van der Waals surface area (Å²) < 4.78 is 10.4. The Morgan fingerprint density at radius 1 is 1.38 bits per heavy atom. The number of aryl methyl sites for hydroxylation is 1. The van der Waals surface area contributed by atoms with Crippen LogP contribution >= 0.6 is 0 Å². The summed E-state index contributed by atoms with van der Waals surface area (Å²) in [5.41, 5.74) is 0.989. The summed E-state index contributed by atoms with van der Waals surface area (Å²) in [6.45, 7) is 2.31. The zero-order valence-electron chi connectivity index (χ0n) is 12.0. The van der Waals surface area contributed by atoms with E-state index in [1.165, 1.54) is 0 Å². The van der Waals surface area contributed by atoms with Crippen LogP contribution in [0.25, 0.3) is 0 Å². The van der Waals surface area contributed by atoms with E-state index in [4.69, 9.17) is 9.47 Å². The molecule has 2 aromatic rings. The number of aromatic amines is 1. The minimum Gasteiger partial charge on any atom is -0.496 e. The Morgan fingerprint density at radius 3 is 2.95 bits per heavy atom. The molecule has 0 atom stereocenters. The second-order valence-corrected chi connectivity index (χ2v) is 4.26. The van der Waals surface area contributed by atoms with Gasteiger partial charge >= 0.3 is 6.01 Å². The number of H-pyrrole nitrogens is 1. The van der Waals surface area contributed by atoms with E-state index < -0.39 is 0 Å². The fourth-order valence-corrected chi connectivity index (χ4v) is 1.85. The van der Waals surface area contributed by atoms with Crippen molar-refractivity contribution in [1.82, 2.24) is 15.2 Å². The highest BCUT2D eigenvalue weighted by molar-refractivity contribution is 5.89. The molecule has 0 saturated heterocycles. The number of hydrogen-bond acceptors (Lipinski definition) is 5. The van der Waals surface area contributed by atoms with Crippen molar-refractivity contribution in [2.24, 2.45) is 0 Å². The van der Waals surface area contributed by atoms with Gasteiger partial charge in [0.2, 0.25) is 11.9 Å². The lowest BCUT2D eigenvalue weighted by Crippen LogP contribution is -2.13. The number of carbonyl (C=O) groups is 1. The van der Waals surface area contributed by atoms with Crippen LogP contribution in [0.1, 0.15) is 18.9 Å². The summed E-state index contributed by atoms with van der Waals surface area (Å²) in [6, 6.07) is 7.84. The van der Waals surface area contributed by atoms with Crippen molar-refractivity contribution in [3.05, 3.63) is 29.8 Å². The van der Waals surface area contributed by atoms with Crippen LogP contribution in [-0.4, -0.2) is 34.8 Å². The standard InChI is InChI=1S/C14H18N4O3/c1-3-21-14-16-13(17-18-14)15-12(19)9-8-10-6-4-5-7-11(10)20-2/h4-7H,3,8-9H2,1-2H3,(H2,15,16,17,18,19). The van der Waals surface area contributed by atoms with Crippen molar-refractivity contribution >= 4 is 11.9 Å². The van der Waals surface area contributed by atoms with Crippen molar-refractivity contribution in [3.8, 4) is 11.8 Å². The molecule has 0 aliphatic heterocycles. The van der Waals surface area contributed by atoms with Crippen LogP contribution in [0.4, 0.5) is 5.95 Å². The lowest BCUT2D eigenvalue weighted by Gasteiger charge is -2.07. The number of nitrogens with one attached hydrogen (secondary N) is 2. The van der Waals surface area contributed by atoms with E-state index in [0.717, 1.165) is 11.3 Å². The first-order valence-corrected chi connectivity index (χ1v) is 6.70. The topological polar surface area (TPSA) is 89.1 Å². The third kappa shape index (κ3) is 4.20. The summed E-state index contributed by atoms with van der Waals surface area (Å²) in [5.74, 6) is 0.909. The van der Waals surface area contributed by atoms with E-state index >= 15 is 0 Å². The molecule has 0 aliphatic carbocycles. The van der Waals surface area contributed by atoms with Crippen LogP contribution in [0.3, 0.4) is 0 Å².